The van der Waals surface area contributed by atoms with Crippen molar-refractivity contribution in [2.45, 2.75) is 0 Å². The maximum absolute atomic E-state index is 13.0. The fraction of sp³-hybridized carbons (Fsp3) is 0.167. The van der Waals surface area contributed by atoms with Gasteiger partial charge in [0.2, 0.25) is 0 Å². The van der Waals surface area contributed by atoms with E-state index in [1.54, 1.807) is 4.90 Å². The Balaban J connectivity index is 1.76. The SMILES string of the molecule is CN1CCN(C(=O)c2ccc([N+](=O)[O-])cc2)c2nc3ccccc3nc21. The monoisotopic (exact) mass is 349 g/mol. The van der Waals surface area contributed by atoms with Crippen molar-refractivity contribution in [2.75, 3.05) is 29.9 Å². The number of nitro groups is 1. The third kappa shape index (κ3) is 2.61. The van der Waals surface area contributed by atoms with Crippen LogP contribution in [0.5, 0.6) is 0 Å². The Hall–Kier alpha value is -3.55. The first-order chi connectivity index (χ1) is 12.5. The molecular weight excluding hydrogens is 334 g/mol. The molecule has 0 unspecified atom stereocenters. The normalized spacial score (nSPS) is 13.6. The van der Waals surface area contributed by atoms with Crippen molar-refractivity contribution in [3.05, 3.63) is 64.2 Å². The Morgan fingerprint density at radius 3 is 2.23 bits per heavy atom. The number of carbonyl (C=O) groups excluding carboxylic acids is 1. The summed E-state index contributed by atoms with van der Waals surface area (Å²) in [6.45, 7) is 1.09. The molecule has 130 valence electrons. The van der Waals surface area contributed by atoms with Crippen molar-refractivity contribution in [1.82, 2.24) is 9.97 Å². The topological polar surface area (TPSA) is 92.5 Å². The molecule has 1 aliphatic rings. The Bertz CT molecular complexity index is 1020. The second-order valence-electron chi connectivity index (χ2n) is 6.04. The van der Waals surface area contributed by atoms with E-state index < -0.39 is 4.92 Å². The van der Waals surface area contributed by atoms with Crippen molar-refractivity contribution in [3.8, 4) is 0 Å². The second-order valence-corrected chi connectivity index (χ2v) is 6.04. The van der Waals surface area contributed by atoms with Crippen LogP contribution < -0.4 is 9.80 Å². The van der Waals surface area contributed by atoms with Gasteiger partial charge in [0, 0.05) is 37.8 Å². The van der Waals surface area contributed by atoms with Gasteiger partial charge in [-0.15, -0.1) is 0 Å². The highest BCUT2D eigenvalue weighted by atomic mass is 16.6. The Morgan fingerprint density at radius 2 is 1.62 bits per heavy atom. The van der Waals surface area contributed by atoms with E-state index in [0.29, 0.717) is 35.8 Å². The van der Waals surface area contributed by atoms with Crippen molar-refractivity contribution >= 4 is 34.3 Å². The molecular formula is C18H15N5O3. The summed E-state index contributed by atoms with van der Waals surface area (Å²) >= 11 is 0. The van der Waals surface area contributed by atoms with Gasteiger partial charge in [-0.1, -0.05) is 12.1 Å². The molecule has 2 heterocycles. The van der Waals surface area contributed by atoms with Gasteiger partial charge in [0.15, 0.2) is 11.6 Å². The van der Waals surface area contributed by atoms with Gasteiger partial charge in [-0.05, 0) is 24.3 Å². The molecule has 1 amide bonds. The number of carbonyl (C=O) groups is 1. The average molecular weight is 349 g/mol. The predicted molar refractivity (Wildman–Crippen MR) is 97.6 cm³/mol. The maximum atomic E-state index is 13.0. The molecule has 8 heteroatoms. The summed E-state index contributed by atoms with van der Waals surface area (Å²) in [5.41, 5.74) is 1.80. The quantitative estimate of drug-likeness (QED) is 0.522. The fourth-order valence-corrected chi connectivity index (χ4v) is 2.96. The number of rotatable bonds is 2. The average Bonchev–Trinajstić information content (AvgIpc) is 2.67. The van der Waals surface area contributed by atoms with E-state index in [4.69, 9.17) is 0 Å². The minimum absolute atomic E-state index is 0.0499. The number of anilines is 2. The fourth-order valence-electron chi connectivity index (χ4n) is 2.96. The van der Waals surface area contributed by atoms with E-state index in [-0.39, 0.29) is 11.6 Å². The van der Waals surface area contributed by atoms with E-state index >= 15 is 0 Å². The third-order valence-corrected chi connectivity index (χ3v) is 4.38. The van der Waals surface area contributed by atoms with Gasteiger partial charge < -0.3 is 4.90 Å². The number of benzene rings is 2. The number of fused-ring (bicyclic) bond motifs is 2. The van der Waals surface area contributed by atoms with E-state index in [1.165, 1.54) is 24.3 Å². The Morgan fingerprint density at radius 1 is 1.00 bits per heavy atom. The Kier molecular flexibility index (Phi) is 3.72. The highest BCUT2D eigenvalue weighted by Gasteiger charge is 2.29. The van der Waals surface area contributed by atoms with Crippen LogP contribution in [0.2, 0.25) is 0 Å². The standard InChI is InChI=1S/C18H15N5O3/c1-21-10-11-22(18(24)12-6-8-13(9-7-12)23(25)26)17-16(21)19-14-4-2-3-5-15(14)20-17/h2-9H,10-11H2,1H3. The van der Waals surface area contributed by atoms with E-state index in [2.05, 4.69) is 9.97 Å². The highest BCUT2D eigenvalue weighted by Crippen LogP contribution is 2.31. The number of aromatic nitrogens is 2. The van der Waals surface area contributed by atoms with Gasteiger partial charge in [-0.2, -0.15) is 0 Å². The van der Waals surface area contributed by atoms with Crippen LogP contribution in [-0.4, -0.2) is 40.9 Å². The zero-order chi connectivity index (χ0) is 18.3. The highest BCUT2D eigenvalue weighted by molar-refractivity contribution is 6.08. The smallest absolute Gasteiger partial charge is 0.269 e. The van der Waals surface area contributed by atoms with Crippen LogP contribution >= 0.6 is 0 Å². The molecule has 0 bridgehead atoms. The van der Waals surface area contributed by atoms with Crippen molar-refractivity contribution in [3.63, 3.8) is 0 Å². The molecule has 1 aromatic heterocycles. The molecule has 0 aliphatic carbocycles. The summed E-state index contributed by atoms with van der Waals surface area (Å²) in [6, 6.07) is 13.1. The summed E-state index contributed by atoms with van der Waals surface area (Å²) < 4.78 is 0. The van der Waals surface area contributed by atoms with Crippen LogP contribution in [0.3, 0.4) is 0 Å². The molecule has 8 nitrogen and oxygen atoms in total. The van der Waals surface area contributed by atoms with Crippen LogP contribution in [0.1, 0.15) is 10.4 Å². The second kappa shape index (κ2) is 6.07. The molecule has 2 aromatic carbocycles. The van der Waals surface area contributed by atoms with Gasteiger partial charge in [-0.25, -0.2) is 9.97 Å². The summed E-state index contributed by atoms with van der Waals surface area (Å²) in [6.07, 6.45) is 0. The molecule has 4 rings (SSSR count). The molecule has 0 atom stereocenters. The van der Waals surface area contributed by atoms with Crippen molar-refractivity contribution in [1.29, 1.82) is 0 Å². The number of hydrogen-bond acceptors (Lipinski definition) is 6. The van der Waals surface area contributed by atoms with Crippen LogP contribution in [0.15, 0.2) is 48.5 Å². The molecule has 0 N–H and O–H groups in total. The number of para-hydroxylation sites is 2. The molecule has 0 fully saturated rings. The lowest BCUT2D eigenvalue weighted by Gasteiger charge is -2.33. The van der Waals surface area contributed by atoms with Gasteiger partial charge in [0.1, 0.15) is 0 Å². The maximum Gasteiger partial charge on any atom is 0.269 e. The lowest BCUT2D eigenvalue weighted by atomic mass is 10.1. The van der Waals surface area contributed by atoms with E-state index in [0.717, 1.165) is 5.52 Å². The summed E-state index contributed by atoms with van der Waals surface area (Å²) in [5, 5.41) is 10.8. The number of amides is 1. The number of non-ortho nitro benzene ring substituents is 1. The Labute approximate surface area is 148 Å². The van der Waals surface area contributed by atoms with Gasteiger partial charge in [0.05, 0.1) is 16.0 Å². The first kappa shape index (κ1) is 15.9. The lowest BCUT2D eigenvalue weighted by molar-refractivity contribution is -0.384. The molecule has 0 saturated carbocycles. The zero-order valence-corrected chi connectivity index (χ0v) is 14.0. The summed E-state index contributed by atoms with van der Waals surface area (Å²) in [4.78, 5) is 36.1. The number of nitro benzene ring substituents is 1. The van der Waals surface area contributed by atoms with Crippen molar-refractivity contribution < 1.29 is 9.72 Å². The van der Waals surface area contributed by atoms with Crippen LogP contribution in [0.25, 0.3) is 11.0 Å². The minimum atomic E-state index is -0.489. The molecule has 26 heavy (non-hydrogen) atoms. The summed E-state index contributed by atoms with van der Waals surface area (Å²) in [7, 11) is 1.91. The summed E-state index contributed by atoms with van der Waals surface area (Å²) in [5.74, 6) is 0.893. The van der Waals surface area contributed by atoms with Gasteiger partial charge in [-0.3, -0.25) is 19.8 Å². The van der Waals surface area contributed by atoms with Crippen LogP contribution in [0.4, 0.5) is 17.3 Å². The van der Waals surface area contributed by atoms with Crippen LogP contribution in [0, 0.1) is 10.1 Å². The number of nitrogens with zero attached hydrogens (tertiary/aromatic N) is 5. The predicted octanol–water partition coefficient (Wildman–Crippen LogP) is 2.63. The molecule has 3 aromatic rings. The molecule has 1 aliphatic heterocycles. The number of hydrogen-bond donors (Lipinski definition) is 0. The first-order valence-electron chi connectivity index (χ1n) is 8.09. The lowest BCUT2D eigenvalue weighted by Crippen LogP contribution is -2.43. The van der Waals surface area contributed by atoms with Crippen LogP contribution in [-0.2, 0) is 0 Å². The molecule has 0 saturated heterocycles. The third-order valence-electron chi connectivity index (χ3n) is 4.38. The minimum Gasteiger partial charge on any atom is -0.355 e. The van der Waals surface area contributed by atoms with E-state index in [1.807, 2.05) is 36.2 Å². The van der Waals surface area contributed by atoms with Crippen molar-refractivity contribution in [2.24, 2.45) is 0 Å². The van der Waals surface area contributed by atoms with Gasteiger partial charge in [0.25, 0.3) is 11.6 Å². The first-order valence-corrected chi connectivity index (χ1v) is 8.09. The molecule has 0 spiro atoms. The zero-order valence-electron chi connectivity index (χ0n) is 14.0. The largest absolute Gasteiger partial charge is 0.355 e. The molecule has 0 radical (unpaired) electrons. The number of likely N-dealkylation sites (N-methyl/N-ethyl adjacent to an activating group) is 1. The van der Waals surface area contributed by atoms with Gasteiger partial charge >= 0.3 is 0 Å². The van der Waals surface area contributed by atoms with E-state index in [9.17, 15) is 14.9 Å².